The Labute approximate surface area is 84.5 Å². The molecule has 5 heteroatoms. The quantitative estimate of drug-likeness (QED) is 0.685. The van der Waals surface area contributed by atoms with Crippen molar-refractivity contribution in [2.45, 2.75) is 0 Å². The zero-order valence-corrected chi connectivity index (χ0v) is 7.97. The van der Waals surface area contributed by atoms with Crippen molar-refractivity contribution in [1.29, 1.82) is 0 Å². The molecule has 0 unspecified atom stereocenters. The minimum atomic E-state index is 0.275. The van der Waals surface area contributed by atoms with Gasteiger partial charge in [0.15, 0.2) is 10.3 Å². The Balaban J connectivity index is 3.00. The molecule has 1 aromatic carbocycles. The predicted molar refractivity (Wildman–Crippen MR) is 54.0 cm³/mol. The second kappa shape index (κ2) is 3.01. The van der Waals surface area contributed by atoms with Gasteiger partial charge in [-0.15, -0.1) is 10.2 Å². The van der Waals surface area contributed by atoms with E-state index in [4.69, 9.17) is 28.9 Å². The minimum absolute atomic E-state index is 0.275. The highest BCUT2D eigenvalue weighted by Gasteiger charge is 2.07. The highest BCUT2D eigenvalue weighted by Crippen LogP contribution is 2.29. The molecule has 0 radical (unpaired) electrons. The van der Waals surface area contributed by atoms with Crippen LogP contribution in [0.25, 0.3) is 10.8 Å². The van der Waals surface area contributed by atoms with Crippen molar-refractivity contribution < 1.29 is 0 Å². The van der Waals surface area contributed by atoms with Gasteiger partial charge in [0.1, 0.15) is 0 Å². The predicted octanol–water partition coefficient (Wildman–Crippen LogP) is 2.52. The number of anilines is 1. The molecule has 0 aliphatic carbocycles. The Morgan fingerprint density at radius 1 is 1.08 bits per heavy atom. The van der Waals surface area contributed by atoms with Crippen LogP contribution in [0, 0.1) is 0 Å². The van der Waals surface area contributed by atoms with E-state index in [0.29, 0.717) is 16.2 Å². The lowest BCUT2D eigenvalue weighted by molar-refractivity contribution is 1.05. The average molecular weight is 214 g/mol. The molecule has 66 valence electrons. The monoisotopic (exact) mass is 213 g/mol. The van der Waals surface area contributed by atoms with Crippen LogP contribution < -0.4 is 5.73 Å². The van der Waals surface area contributed by atoms with Crippen LogP contribution in [0.5, 0.6) is 0 Å². The molecule has 3 nitrogen and oxygen atoms in total. The number of hydrogen-bond donors (Lipinski definition) is 1. The molecule has 0 saturated heterocycles. The Bertz CT molecular complexity index is 462. The van der Waals surface area contributed by atoms with E-state index in [1.165, 1.54) is 0 Å². The van der Waals surface area contributed by atoms with E-state index >= 15 is 0 Å². The molecule has 0 atom stereocenters. The van der Waals surface area contributed by atoms with Crippen LogP contribution in [-0.4, -0.2) is 10.2 Å². The SMILES string of the molecule is Nc1cccc2c(Cl)nnc(Cl)c12. The van der Waals surface area contributed by atoms with E-state index < -0.39 is 0 Å². The summed E-state index contributed by atoms with van der Waals surface area (Å²) in [7, 11) is 0. The summed E-state index contributed by atoms with van der Waals surface area (Å²) in [6.07, 6.45) is 0. The summed E-state index contributed by atoms with van der Waals surface area (Å²) >= 11 is 11.6. The van der Waals surface area contributed by atoms with Gasteiger partial charge in [-0.3, -0.25) is 0 Å². The first-order chi connectivity index (χ1) is 6.20. The molecule has 1 heterocycles. The summed E-state index contributed by atoms with van der Waals surface area (Å²) in [5.74, 6) is 0. The van der Waals surface area contributed by atoms with Crippen LogP contribution in [0.3, 0.4) is 0 Å². The zero-order chi connectivity index (χ0) is 9.42. The molecule has 0 bridgehead atoms. The van der Waals surface area contributed by atoms with Crippen molar-refractivity contribution in [3.8, 4) is 0 Å². The lowest BCUT2D eigenvalue weighted by Gasteiger charge is -2.02. The molecular weight excluding hydrogens is 209 g/mol. The number of hydrogen-bond acceptors (Lipinski definition) is 3. The maximum Gasteiger partial charge on any atom is 0.161 e. The Kier molecular flexibility index (Phi) is 1.98. The van der Waals surface area contributed by atoms with E-state index in [-0.39, 0.29) is 5.15 Å². The van der Waals surface area contributed by atoms with Crippen LogP contribution in [0.1, 0.15) is 0 Å². The summed E-state index contributed by atoms with van der Waals surface area (Å²) < 4.78 is 0. The van der Waals surface area contributed by atoms with Gasteiger partial charge in [0, 0.05) is 16.5 Å². The maximum absolute atomic E-state index is 5.82. The van der Waals surface area contributed by atoms with Crippen LogP contribution >= 0.6 is 23.2 Å². The van der Waals surface area contributed by atoms with E-state index in [2.05, 4.69) is 10.2 Å². The topological polar surface area (TPSA) is 51.8 Å². The third kappa shape index (κ3) is 1.30. The number of fused-ring (bicyclic) bond motifs is 1. The summed E-state index contributed by atoms with van der Waals surface area (Å²) in [5.41, 5.74) is 6.27. The smallest absolute Gasteiger partial charge is 0.161 e. The van der Waals surface area contributed by atoms with Crippen molar-refractivity contribution in [3.05, 3.63) is 28.5 Å². The van der Waals surface area contributed by atoms with Gasteiger partial charge < -0.3 is 5.73 Å². The fraction of sp³-hybridized carbons (Fsp3) is 0. The number of nitrogens with zero attached hydrogens (tertiary/aromatic N) is 2. The molecule has 1 aromatic heterocycles. The second-order valence-electron chi connectivity index (χ2n) is 2.55. The first-order valence-electron chi connectivity index (χ1n) is 3.56. The molecule has 2 aromatic rings. The molecule has 0 aliphatic rings. The molecule has 0 aliphatic heterocycles. The molecule has 0 amide bonds. The van der Waals surface area contributed by atoms with Gasteiger partial charge >= 0.3 is 0 Å². The van der Waals surface area contributed by atoms with Crippen LogP contribution in [-0.2, 0) is 0 Å². The van der Waals surface area contributed by atoms with Gasteiger partial charge in [0.25, 0.3) is 0 Å². The van der Waals surface area contributed by atoms with Gasteiger partial charge in [0.2, 0.25) is 0 Å². The molecule has 13 heavy (non-hydrogen) atoms. The Hall–Kier alpha value is -1.06. The van der Waals surface area contributed by atoms with E-state index in [1.54, 1.807) is 18.2 Å². The number of nitrogens with two attached hydrogens (primary N) is 1. The number of benzene rings is 1. The number of rotatable bonds is 0. The zero-order valence-electron chi connectivity index (χ0n) is 6.46. The summed E-state index contributed by atoms with van der Waals surface area (Å²) in [5, 5.41) is 9.31. The fourth-order valence-corrected chi connectivity index (χ4v) is 1.61. The average Bonchev–Trinajstić information content (AvgIpc) is 2.12. The third-order valence-corrected chi connectivity index (χ3v) is 2.29. The minimum Gasteiger partial charge on any atom is -0.398 e. The number of nitrogen functional groups attached to an aromatic ring is 1. The lowest BCUT2D eigenvalue weighted by Crippen LogP contribution is -1.92. The first kappa shape index (κ1) is 8.53. The molecular formula is C8H5Cl2N3. The molecule has 2 N–H and O–H groups in total. The van der Waals surface area contributed by atoms with Crippen LogP contribution in [0.2, 0.25) is 10.3 Å². The summed E-state index contributed by atoms with van der Waals surface area (Å²) in [6, 6.07) is 5.34. The molecule has 0 spiro atoms. The lowest BCUT2D eigenvalue weighted by atomic mass is 10.2. The molecule has 0 saturated carbocycles. The van der Waals surface area contributed by atoms with Crippen LogP contribution in [0.4, 0.5) is 5.69 Å². The second-order valence-corrected chi connectivity index (χ2v) is 3.27. The van der Waals surface area contributed by atoms with Gasteiger partial charge in [0.05, 0.1) is 0 Å². The van der Waals surface area contributed by atoms with Gasteiger partial charge in [-0.05, 0) is 6.07 Å². The van der Waals surface area contributed by atoms with Gasteiger partial charge in [-0.25, -0.2) is 0 Å². The van der Waals surface area contributed by atoms with E-state index in [1.807, 2.05) is 0 Å². The van der Waals surface area contributed by atoms with Crippen molar-refractivity contribution >= 4 is 39.7 Å². The molecule has 0 fully saturated rings. The fourth-order valence-electron chi connectivity index (χ4n) is 1.16. The van der Waals surface area contributed by atoms with Gasteiger partial charge in [-0.2, -0.15) is 0 Å². The van der Waals surface area contributed by atoms with Crippen molar-refractivity contribution in [3.63, 3.8) is 0 Å². The highest BCUT2D eigenvalue weighted by atomic mass is 35.5. The van der Waals surface area contributed by atoms with E-state index in [0.717, 1.165) is 5.39 Å². The summed E-state index contributed by atoms with van der Waals surface area (Å²) in [6.45, 7) is 0. The van der Waals surface area contributed by atoms with Crippen molar-refractivity contribution in [2.75, 3.05) is 5.73 Å². The Morgan fingerprint density at radius 3 is 2.46 bits per heavy atom. The molecule has 2 rings (SSSR count). The first-order valence-corrected chi connectivity index (χ1v) is 4.31. The van der Waals surface area contributed by atoms with Crippen molar-refractivity contribution in [2.24, 2.45) is 0 Å². The van der Waals surface area contributed by atoms with Crippen LogP contribution in [0.15, 0.2) is 18.2 Å². The third-order valence-electron chi connectivity index (χ3n) is 1.75. The number of halogens is 2. The highest BCUT2D eigenvalue weighted by molar-refractivity contribution is 6.39. The normalized spacial score (nSPS) is 10.6. The number of aromatic nitrogens is 2. The van der Waals surface area contributed by atoms with Crippen molar-refractivity contribution in [1.82, 2.24) is 10.2 Å². The summed E-state index contributed by atoms with van der Waals surface area (Å²) in [4.78, 5) is 0. The maximum atomic E-state index is 5.82. The van der Waals surface area contributed by atoms with E-state index in [9.17, 15) is 0 Å². The van der Waals surface area contributed by atoms with Gasteiger partial charge in [-0.1, -0.05) is 35.3 Å². The Morgan fingerprint density at radius 2 is 1.77 bits per heavy atom. The standard InChI is InChI=1S/C8H5Cl2N3/c9-7-4-2-1-3-5(11)6(4)8(10)13-12-7/h1-3H,11H2. The largest absolute Gasteiger partial charge is 0.398 e.